The molecule has 2 aromatic rings. The predicted molar refractivity (Wildman–Crippen MR) is 77.9 cm³/mol. The van der Waals surface area contributed by atoms with Crippen molar-refractivity contribution >= 4 is 5.82 Å². The van der Waals surface area contributed by atoms with Gasteiger partial charge in [-0.1, -0.05) is 5.21 Å². The summed E-state index contributed by atoms with van der Waals surface area (Å²) in [7, 11) is 0. The molecule has 0 saturated carbocycles. The van der Waals surface area contributed by atoms with Crippen LogP contribution in [0.5, 0.6) is 0 Å². The van der Waals surface area contributed by atoms with Gasteiger partial charge in [0.2, 0.25) is 0 Å². The van der Waals surface area contributed by atoms with Crippen molar-refractivity contribution in [1.82, 2.24) is 24.9 Å². The minimum Gasteiger partial charge on any atom is -0.354 e. The van der Waals surface area contributed by atoms with E-state index in [4.69, 9.17) is 0 Å². The third-order valence-corrected chi connectivity index (χ3v) is 3.89. The molecule has 0 amide bonds. The maximum Gasteiger partial charge on any atom is 0.417 e. The molecule has 1 aliphatic heterocycles. The van der Waals surface area contributed by atoms with Crippen LogP contribution in [0.25, 0.3) is 0 Å². The Morgan fingerprint density at radius 3 is 2.39 bits per heavy atom. The Morgan fingerprint density at radius 1 is 1.04 bits per heavy atom. The lowest BCUT2D eigenvalue weighted by molar-refractivity contribution is -0.137. The van der Waals surface area contributed by atoms with Crippen LogP contribution in [0.3, 0.4) is 0 Å². The maximum absolute atomic E-state index is 12.5. The largest absolute Gasteiger partial charge is 0.417 e. The molecule has 0 bridgehead atoms. The fourth-order valence-electron chi connectivity index (χ4n) is 2.54. The first-order chi connectivity index (χ1) is 11.0. The van der Waals surface area contributed by atoms with Gasteiger partial charge in [-0.25, -0.2) is 4.98 Å². The van der Waals surface area contributed by atoms with Gasteiger partial charge in [-0.3, -0.25) is 9.58 Å². The molecular formula is C14H17F3N6. The predicted octanol–water partition coefficient (Wildman–Crippen LogP) is 1.51. The van der Waals surface area contributed by atoms with Gasteiger partial charge < -0.3 is 4.90 Å². The van der Waals surface area contributed by atoms with E-state index in [0.717, 1.165) is 51.5 Å². The minimum atomic E-state index is -4.34. The van der Waals surface area contributed by atoms with Crippen LogP contribution in [-0.2, 0) is 12.7 Å². The first-order valence-electron chi connectivity index (χ1n) is 7.37. The van der Waals surface area contributed by atoms with Gasteiger partial charge in [-0.15, -0.1) is 5.10 Å². The number of rotatable bonds is 4. The molecule has 0 N–H and O–H groups in total. The van der Waals surface area contributed by atoms with Crippen molar-refractivity contribution in [3.63, 3.8) is 0 Å². The first kappa shape index (κ1) is 15.7. The van der Waals surface area contributed by atoms with Crippen molar-refractivity contribution in [2.75, 3.05) is 37.6 Å². The number of halogens is 3. The van der Waals surface area contributed by atoms with Gasteiger partial charge in [0, 0.05) is 45.1 Å². The highest BCUT2D eigenvalue weighted by molar-refractivity contribution is 5.40. The molecule has 0 spiro atoms. The van der Waals surface area contributed by atoms with E-state index in [1.54, 1.807) is 10.9 Å². The highest BCUT2D eigenvalue weighted by atomic mass is 19.4. The highest BCUT2D eigenvalue weighted by Gasteiger charge is 2.31. The summed E-state index contributed by atoms with van der Waals surface area (Å²) >= 11 is 0. The van der Waals surface area contributed by atoms with Crippen molar-refractivity contribution < 1.29 is 13.2 Å². The molecule has 3 heterocycles. The van der Waals surface area contributed by atoms with Crippen LogP contribution in [0.2, 0.25) is 0 Å². The van der Waals surface area contributed by atoms with Gasteiger partial charge in [0.25, 0.3) is 0 Å². The van der Waals surface area contributed by atoms with E-state index in [9.17, 15) is 13.2 Å². The topological polar surface area (TPSA) is 50.1 Å². The molecule has 0 aliphatic carbocycles. The molecule has 1 saturated heterocycles. The number of aromatic nitrogens is 4. The second-order valence-electron chi connectivity index (χ2n) is 5.40. The fraction of sp³-hybridized carbons (Fsp3) is 0.500. The van der Waals surface area contributed by atoms with Gasteiger partial charge in [-0.05, 0) is 12.1 Å². The summed E-state index contributed by atoms with van der Waals surface area (Å²) < 4.78 is 39.4. The van der Waals surface area contributed by atoms with Gasteiger partial charge in [0.05, 0.1) is 18.3 Å². The molecule has 0 unspecified atom stereocenters. The lowest BCUT2D eigenvalue weighted by Crippen LogP contribution is -2.47. The zero-order valence-electron chi connectivity index (χ0n) is 12.4. The fourth-order valence-corrected chi connectivity index (χ4v) is 2.54. The van der Waals surface area contributed by atoms with Crippen LogP contribution >= 0.6 is 0 Å². The standard InChI is InChI=1S/C14H17F3N6/c15-14(16,17)12-1-2-13(18-11-12)22-8-5-21(6-9-22)7-10-23-4-3-19-20-23/h1-4,11H,5-10H2. The van der Waals surface area contributed by atoms with Gasteiger partial charge in [0.15, 0.2) is 0 Å². The molecule has 0 aromatic carbocycles. The molecule has 2 aromatic heterocycles. The SMILES string of the molecule is FC(F)(F)c1ccc(N2CCN(CCn3ccnn3)CC2)nc1. The van der Waals surface area contributed by atoms with Crippen molar-refractivity contribution in [3.05, 3.63) is 36.3 Å². The third kappa shape index (κ3) is 3.98. The molecule has 6 nitrogen and oxygen atoms in total. The average Bonchev–Trinajstić information content (AvgIpc) is 3.06. The molecule has 0 atom stereocenters. The number of hydrogen-bond donors (Lipinski definition) is 0. The smallest absolute Gasteiger partial charge is 0.354 e. The highest BCUT2D eigenvalue weighted by Crippen LogP contribution is 2.29. The summed E-state index contributed by atoms with van der Waals surface area (Å²) in [4.78, 5) is 8.25. The van der Waals surface area contributed by atoms with Crippen molar-refractivity contribution in [1.29, 1.82) is 0 Å². The zero-order chi connectivity index (χ0) is 16.3. The molecular weight excluding hydrogens is 309 g/mol. The quantitative estimate of drug-likeness (QED) is 0.852. The summed E-state index contributed by atoms with van der Waals surface area (Å²) in [6.45, 7) is 4.83. The van der Waals surface area contributed by atoms with E-state index in [1.165, 1.54) is 6.07 Å². The van der Waals surface area contributed by atoms with Crippen molar-refractivity contribution in [2.45, 2.75) is 12.7 Å². The molecule has 9 heteroatoms. The van der Waals surface area contributed by atoms with Gasteiger partial charge in [-0.2, -0.15) is 13.2 Å². The Hall–Kier alpha value is -2.16. The summed E-state index contributed by atoms with van der Waals surface area (Å²) in [5.41, 5.74) is -0.715. The monoisotopic (exact) mass is 326 g/mol. The summed E-state index contributed by atoms with van der Waals surface area (Å²) in [5, 5.41) is 7.68. The second-order valence-corrected chi connectivity index (χ2v) is 5.40. The number of alkyl halides is 3. The van der Waals surface area contributed by atoms with Crippen LogP contribution in [0, 0.1) is 0 Å². The van der Waals surface area contributed by atoms with Crippen LogP contribution in [0.1, 0.15) is 5.56 Å². The summed E-state index contributed by atoms with van der Waals surface area (Å²) in [6, 6.07) is 2.52. The van der Waals surface area contributed by atoms with E-state index >= 15 is 0 Å². The lowest BCUT2D eigenvalue weighted by Gasteiger charge is -2.35. The molecule has 3 rings (SSSR count). The van der Waals surface area contributed by atoms with E-state index in [2.05, 4.69) is 20.2 Å². The first-order valence-corrected chi connectivity index (χ1v) is 7.37. The van der Waals surface area contributed by atoms with Crippen LogP contribution in [0.4, 0.5) is 19.0 Å². The van der Waals surface area contributed by atoms with E-state index in [0.29, 0.717) is 5.82 Å². The number of hydrogen-bond acceptors (Lipinski definition) is 5. The van der Waals surface area contributed by atoms with E-state index in [-0.39, 0.29) is 0 Å². The average molecular weight is 326 g/mol. The molecule has 1 fully saturated rings. The second kappa shape index (κ2) is 6.53. The molecule has 23 heavy (non-hydrogen) atoms. The van der Waals surface area contributed by atoms with Crippen LogP contribution in [0.15, 0.2) is 30.7 Å². The number of pyridine rings is 1. The normalized spacial score (nSPS) is 16.7. The number of anilines is 1. The lowest BCUT2D eigenvalue weighted by atomic mass is 10.2. The molecule has 1 aliphatic rings. The Labute approximate surface area is 131 Å². The number of piperazine rings is 1. The third-order valence-electron chi connectivity index (χ3n) is 3.89. The van der Waals surface area contributed by atoms with Gasteiger partial charge >= 0.3 is 6.18 Å². The zero-order valence-corrected chi connectivity index (χ0v) is 12.4. The maximum atomic E-state index is 12.5. The van der Waals surface area contributed by atoms with E-state index in [1.807, 2.05) is 11.1 Å². The van der Waals surface area contributed by atoms with Crippen molar-refractivity contribution in [2.24, 2.45) is 0 Å². The Bertz CT molecular complexity index is 602. The van der Waals surface area contributed by atoms with Crippen LogP contribution < -0.4 is 4.90 Å². The van der Waals surface area contributed by atoms with Crippen LogP contribution in [-0.4, -0.2) is 57.6 Å². The van der Waals surface area contributed by atoms with Gasteiger partial charge in [0.1, 0.15) is 5.82 Å². The Kier molecular flexibility index (Phi) is 4.46. The minimum absolute atomic E-state index is 0.592. The summed E-state index contributed by atoms with van der Waals surface area (Å²) in [5.74, 6) is 0.592. The number of nitrogens with zero attached hydrogens (tertiary/aromatic N) is 6. The summed E-state index contributed by atoms with van der Waals surface area (Å²) in [6.07, 6.45) is 0.0224. The Morgan fingerprint density at radius 2 is 1.83 bits per heavy atom. The molecule has 124 valence electrons. The van der Waals surface area contributed by atoms with E-state index < -0.39 is 11.7 Å². The molecule has 0 radical (unpaired) electrons. The Balaban J connectivity index is 1.50. The van der Waals surface area contributed by atoms with Crippen molar-refractivity contribution in [3.8, 4) is 0 Å².